The minimum absolute atomic E-state index is 0.0303. The molecule has 1 saturated carbocycles. The van der Waals surface area contributed by atoms with Crippen molar-refractivity contribution in [2.75, 3.05) is 0 Å². The maximum Gasteiger partial charge on any atom is 0.314 e. The minimum Gasteiger partial charge on any atom is -0.426 e. The number of carbonyl (C=O) groups is 1. The summed E-state index contributed by atoms with van der Waals surface area (Å²) in [4.78, 5) is 11.9. The van der Waals surface area contributed by atoms with Gasteiger partial charge in [-0.05, 0) is 30.9 Å². The highest BCUT2D eigenvalue weighted by molar-refractivity contribution is 5.75. The number of esters is 1. The first kappa shape index (κ1) is 11.2. The zero-order valence-corrected chi connectivity index (χ0v) is 9.69. The van der Waals surface area contributed by atoms with E-state index in [0.29, 0.717) is 11.7 Å². The highest BCUT2D eigenvalue weighted by Gasteiger charge is 2.28. The molecule has 0 aromatic heterocycles. The molecule has 2 nitrogen and oxygen atoms in total. The lowest BCUT2D eigenvalue weighted by Crippen LogP contribution is -2.23. The van der Waals surface area contributed by atoms with Crippen LogP contribution in [0.1, 0.15) is 32.6 Å². The van der Waals surface area contributed by atoms with Crippen LogP contribution < -0.4 is 4.74 Å². The molecule has 0 N–H and O–H groups in total. The Balaban J connectivity index is 1.92. The Morgan fingerprint density at radius 1 is 1.25 bits per heavy atom. The molecule has 1 aliphatic carbocycles. The van der Waals surface area contributed by atoms with Gasteiger partial charge in [-0.15, -0.1) is 0 Å². The smallest absolute Gasteiger partial charge is 0.314 e. The number of benzene rings is 1. The molecule has 1 aromatic carbocycles. The minimum atomic E-state index is -0.0851. The molecule has 0 spiro atoms. The van der Waals surface area contributed by atoms with Crippen LogP contribution in [0.25, 0.3) is 0 Å². The number of hydrogen-bond donors (Lipinski definition) is 0. The fourth-order valence-corrected chi connectivity index (χ4v) is 2.35. The van der Waals surface area contributed by atoms with Gasteiger partial charge in [0.25, 0.3) is 0 Å². The van der Waals surface area contributed by atoms with Crippen molar-refractivity contribution in [3.63, 3.8) is 0 Å². The Kier molecular flexibility index (Phi) is 3.60. The third-order valence-corrected chi connectivity index (χ3v) is 3.44. The summed E-state index contributed by atoms with van der Waals surface area (Å²) >= 11 is 0. The van der Waals surface area contributed by atoms with Gasteiger partial charge in [-0.3, -0.25) is 4.79 Å². The van der Waals surface area contributed by atoms with E-state index in [4.69, 9.17) is 4.74 Å². The number of hydrogen-bond acceptors (Lipinski definition) is 2. The lowest BCUT2D eigenvalue weighted by molar-refractivity contribution is -0.140. The van der Waals surface area contributed by atoms with E-state index in [1.54, 1.807) is 0 Å². The van der Waals surface area contributed by atoms with E-state index in [1.165, 1.54) is 25.7 Å². The van der Waals surface area contributed by atoms with Crippen LogP contribution in [0, 0.1) is 11.8 Å². The van der Waals surface area contributed by atoms with Crippen LogP contribution in [0.3, 0.4) is 0 Å². The van der Waals surface area contributed by atoms with Gasteiger partial charge < -0.3 is 4.74 Å². The van der Waals surface area contributed by atoms with Gasteiger partial charge in [0.1, 0.15) is 5.75 Å². The first-order valence-electron chi connectivity index (χ1n) is 6.04. The predicted molar refractivity (Wildman–Crippen MR) is 63.2 cm³/mol. The zero-order chi connectivity index (χ0) is 11.4. The molecule has 86 valence electrons. The Morgan fingerprint density at radius 3 is 2.50 bits per heavy atom. The van der Waals surface area contributed by atoms with Crippen LogP contribution in [0.4, 0.5) is 0 Å². The fourth-order valence-electron chi connectivity index (χ4n) is 2.35. The monoisotopic (exact) mass is 218 g/mol. The first-order chi connectivity index (χ1) is 7.77. The highest BCUT2D eigenvalue weighted by Crippen LogP contribution is 2.32. The largest absolute Gasteiger partial charge is 0.426 e. The summed E-state index contributed by atoms with van der Waals surface area (Å²) in [7, 11) is 0. The summed E-state index contributed by atoms with van der Waals surface area (Å²) < 4.78 is 5.35. The van der Waals surface area contributed by atoms with E-state index < -0.39 is 0 Å². The lowest BCUT2D eigenvalue weighted by Gasteiger charge is -2.17. The Morgan fingerprint density at radius 2 is 1.88 bits per heavy atom. The fraction of sp³-hybridized carbons (Fsp3) is 0.500. The Labute approximate surface area is 96.6 Å². The molecule has 1 atom stereocenters. The molecule has 0 saturated heterocycles. The van der Waals surface area contributed by atoms with Crippen molar-refractivity contribution in [2.24, 2.45) is 11.8 Å². The van der Waals surface area contributed by atoms with Crippen LogP contribution in [0.5, 0.6) is 5.75 Å². The molecule has 16 heavy (non-hydrogen) atoms. The van der Waals surface area contributed by atoms with Crippen molar-refractivity contribution in [1.29, 1.82) is 0 Å². The highest BCUT2D eigenvalue weighted by atomic mass is 16.5. The van der Waals surface area contributed by atoms with E-state index in [2.05, 4.69) is 0 Å². The number of rotatable bonds is 3. The number of carbonyl (C=O) groups excluding carboxylic acids is 1. The Hall–Kier alpha value is -1.31. The van der Waals surface area contributed by atoms with E-state index in [9.17, 15) is 4.79 Å². The Bertz CT molecular complexity index is 339. The van der Waals surface area contributed by atoms with Crippen LogP contribution >= 0.6 is 0 Å². The second kappa shape index (κ2) is 5.15. The van der Waals surface area contributed by atoms with Crippen LogP contribution in [-0.4, -0.2) is 5.97 Å². The number of para-hydroxylation sites is 1. The van der Waals surface area contributed by atoms with Gasteiger partial charge in [0.2, 0.25) is 0 Å². The van der Waals surface area contributed by atoms with Crippen molar-refractivity contribution in [3.05, 3.63) is 30.3 Å². The second-order valence-corrected chi connectivity index (χ2v) is 4.57. The summed E-state index contributed by atoms with van der Waals surface area (Å²) in [6, 6.07) is 9.31. The maximum absolute atomic E-state index is 11.9. The molecule has 1 unspecified atom stereocenters. The van der Waals surface area contributed by atoms with Gasteiger partial charge in [-0.2, -0.15) is 0 Å². The molecule has 0 aliphatic heterocycles. The van der Waals surface area contributed by atoms with Gasteiger partial charge in [0, 0.05) is 0 Å². The molecule has 0 bridgehead atoms. The summed E-state index contributed by atoms with van der Waals surface area (Å²) in [5.74, 6) is 1.12. The summed E-state index contributed by atoms with van der Waals surface area (Å²) in [6.45, 7) is 1.99. The standard InChI is InChI=1S/C14H18O2/c1-11(12-7-5-6-8-12)14(15)16-13-9-3-2-4-10-13/h2-4,9-12H,5-8H2,1H3. The SMILES string of the molecule is CC(C(=O)Oc1ccccc1)C1CCCC1. The molecular weight excluding hydrogens is 200 g/mol. The first-order valence-corrected chi connectivity index (χ1v) is 6.04. The molecule has 2 rings (SSSR count). The summed E-state index contributed by atoms with van der Waals surface area (Å²) in [5.41, 5.74) is 0. The van der Waals surface area contributed by atoms with Gasteiger partial charge in [-0.25, -0.2) is 0 Å². The van der Waals surface area contributed by atoms with Crippen molar-refractivity contribution in [1.82, 2.24) is 0 Å². The molecule has 0 heterocycles. The van der Waals surface area contributed by atoms with Crippen LogP contribution in [-0.2, 0) is 4.79 Å². The van der Waals surface area contributed by atoms with Crippen molar-refractivity contribution < 1.29 is 9.53 Å². The normalized spacial score (nSPS) is 18.3. The zero-order valence-electron chi connectivity index (χ0n) is 9.69. The topological polar surface area (TPSA) is 26.3 Å². The molecule has 0 amide bonds. The third kappa shape index (κ3) is 2.63. The van der Waals surface area contributed by atoms with Gasteiger partial charge in [-0.1, -0.05) is 38.0 Å². The lowest BCUT2D eigenvalue weighted by atomic mass is 9.93. The quantitative estimate of drug-likeness (QED) is 0.574. The van der Waals surface area contributed by atoms with Crippen molar-refractivity contribution in [2.45, 2.75) is 32.6 Å². The van der Waals surface area contributed by atoms with Crippen LogP contribution in [0.2, 0.25) is 0 Å². The van der Waals surface area contributed by atoms with E-state index in [1.807, 2.05) is 37.3 Å². The van der Waals surface area contributed by atoms with Crippen molar-refractivity contribution in [3.8, 4) is 5.75 Å². The van der Waals surface area contributed by atoms with E-state index >= 15 is 0 Å². The van der Waals surface area contributed by atoms with E-state index in [0.717, 1.165) is 0 Å². The third-order valence-electron chi connectivity index (χ3n) is 3.44. The second-order valence-electron chi connectivity index (χ2n) is 4.57. The molecular formula is C14H18O2. The molecule has 1 aliphatic rings. The molecule has 1 aromatic rings. The van der Waals surface area contributed by atoms with Crippen molar-refractivity contribution >= 4 is 5.97 Å². The summed E-state index contributed by atoms with van der Waals surface area (Å²) in [6.07, 6.45) is 4.86. The average molecular weight is 218 g/mol. The van der Waals surface area contributed by atoms with Gasteiger partial charge in [0.15, 0.2) is 0 Å². The van der Waals surface area contributed by atoms with Gasteiger partial charge >= 0.3 is 5.97 Å². The van der Waals surface area contributed by atoms with Crippen LogP contribution in [0.15, 0.2) is 30.3 Å². The van der Waals surface area contributed by atoms with E-state index in [-0.39, 0.29) is 11.9 Å². The molecule has 1 fully saturated rings. The number of ether oxygens (including phenoxy) is 1. The predicted octanol–water partition coefficient (Wildman–Crippen LogP) is 3.42. The summed E-state index contributed by atoms with van der Waals surface area (Å²) in [5, 5.41) is 0. The van der Waals surface area contributed by atoms with Gasteiger partial charge in [0.05, 0.1) is 5.92 Å². The molecule has 0 radical (unpaired) electrons. The molecule has 2 heteroatoms. The average Bonchev–Trinajstić information content (AvgIpc) is 2.83. The maximum atomic E-state index is 11.9.